The normalized spacial score (nSPS) is 16.6. The number of hydrogen-bond acceptors (Lipinski definition) is 2. The van der Waals surface area contributed by atoms with Crippen molar-refractivity contribution in [3.8, 4) is 44.9 Å². The molecule has 2 heteroatoms. The molecule has 6 rings (SSSR count). The number of pyridine rings is 2. The van der Waals surface area contributed by atoms with Gasteiger partial charge in [0.1, 0.15) is 0 Å². The van der Waals surface area contributed by atoms with E-state index in [1.54, 1.807) is 0 Å². The third-order valence-corrected chi connectivity index (χ3v) is 11.8. The van der Waals surface area contributed by atoms with Gasteiger partial charge in [-0.3, -0.25) is 4.98 Å². The highest BCUT2D eigenvalue weighted by Crippen LogP contribution is 2.61. The minimum absolute atomic E-state index is 0.0543. The van der Waals surface area contributed by atoms with Crippen LogP contribution in [0.25, 0.3) is 44.9 Å². The summed E-state index contributed by atoms with van der Waals surface area (Å²) in [6, 6.07) is 33.6. The van der Waals surface area contributed by atoms with E-state index in [-0.39, 0.29) is 27.1 Å². The molecule has 0 atom stereocenters. The summed E-state index contributed by atoms with van der Waals surface area (Å²) in [5.74, 6) is 0. The Morgan fingerprint density at radius 1 is 0.426 bits per heavy atom. The molecule has 0 N–H and O–H groups in total. The number of aromatic nitrogens is 2. The standard InChI is InChI=1S/C45H52N2/c1-41(2,3)34-19-13-29(14-20-34)33-26-39(30-15-21-35(22-16-30)42(4,5)6)47-40(27-33)32-18-24-38(46-28-32)31-17-23-36-37(25-31)44(9,10)45(11,12)43(36,7)8/h13-28H,1-12H3. The SMILES string of the molecule is CC(C)(C)c1ccc(-c2cc(-c3ccc(C(C)(C)C)cc3)nc(-c3ccc(-c4ccc5c(c4)C(C)(C)C(C)(C)C5(C)C)nc3)c2)cc1. The fraction of sp³-hybridized carbons (Fsp3) is 0.378. The van der Waals surface area contributed by atoms with Crippen LogP contribution < -0.4 is 0 Å². The second-order valence-corrected chi connectivity index (χ2v) is 17.3. The van der Waals surface area contributed by atoms with Crippen LogP contribution in [0.15, 0.2) is 97.2 Å². The van der Waals surface area contributed by atoms with Gasteiger partial charge >= 0.3 is 0 Å². The quantitative estimate of drug-likeness (QED) is 0.200. The van der Waals surface area contributed by atoms with E-state index >= 15 is 0 Å². The first kappa shape index (κ1) is 32.9. The molecule has 2 heterocycles. The highest BCUT2D eigenvalue weighted by atomic mass is 14.7. The van der Waals surface area contributed by atoms with Crippen molar-refractivity contribution in [2.24, 2.45) is 5.41 Å². The van der Waals surface area contributed by atoms with Gasteiger partial charge in [0.2, 0.25) is 0 Å². The molecule has 0 spiro atoms. The van der Waals surface area contributed by atoms with Gasteiger partial charge in [-0.25, -0.2) is 4.98 Å². The highest BCUT2D eigenvalue weighted by molar-refractivity contribution is 5.77. The minimum Gasteiger partial charge on any atom is -0.256 e. The maximum absolute atomic E-state index is 5.21. The van der Waals surface area contributed by atoms with E-state index in [2.05, 4.69) is 174 Å². The van der Waals surface area contributed by atoms with E-state index in [0.29, 0.717) is 0 Å². The van der Waals surface area contributed by atoms with Gasteiger partial charge in [-0.15, -0.1) is 0 Å². The number of fused-ring (bicyclic) bond motifs is 1. The summed E-state index contributed by atoms with van der Waals surface area (Å²) in [6.07, 6.45) is 1.99. The van der Waals surface area contributed by atoms with Crippen LogP contribution in [0.4, 0.5) is 0 Å². The lowest BCUT2D eigenvalue weighted by molar-refractivity contribution is 0.125. The largest absolute Gasteiger partial charge is 0.256 e. The molecule has 5 aromatic rings. The number of rotatable bonds is 4. The Balaban J connectivity index is 1.40. The van der Waals surface area contributed by atoms with Gasteiger partial charge in [0, 0.05) is 22.9 Å². The maximum atomic E-state index is 5.21. The number of nitrogens with zero attached hydrogens (tertiary/aromatic N) is 2. The van der Waals surface area contributed by atoms with E-state index in [4.69, 9.17) is 9.97 Å². The topological polar surface area (TPSA) is 25.8 Å². The van der Waals surface area contributed by atoms with Gasteiger partial charge in [0.25, 0.3) is 0 Å². The monoisotopic (exact) mass is 620 g/mol. The summed E-state index contributed by atoms with van der Waals surface area (Å²) in [4.78, 5) is 10.2. The Morgan fingerprint density at radius 2 is 0.894 bits per heavy atom. The van der Waals surface area contributed by atoms with E-state index in [0.717, 1.165) is 39.3 Å². The van der Waals surface area contributed by atoms with Gasteiger partial charge < -0.3 is 0 Å². The number of benzene rings is 3. The van der Waals surface area contributed by atoms with Crippen LogP contribution in [0.5, 0.6) is 0 Å². The lowest BCUT2D eigenvalue weighted by Crippen LogP contribution is -2.42. The molecule has 0 radical (unpaired) electrons. The summed E-state index contributed by atoms with van der Waals surface area (Å²) in [5, 5.41) is 0. The maximum Gasteiger partial charge on any atom is 0.0731 e. The summed E-state index contributed by atoms with van der Waals surface area (Å²) < 4.78 is 0. The molecule has 3 aromatic carbocycles. The molecule has 1 aliphatic rings. The first-order valence-corrected chi connectivity index (χ1v) is 17.2. The lowest BCUT2D eigenvalue weighted by atomic mass is 9.59. The average Bonchev–Trinajstić information content (AvgIpc) is 3.13. The first-order chi connectivity index (χ1) is 21.8. The summed E-state index contributed by atoms with van der Waals surface area (Å²) in [7, 11) is 0. The van der Waals surface area contributed by atoms with Crippen LogP contribution in [0, 0.1) is 5.41 Å². The molecule has 0 saturated heterocycles. The van der Waals surface area contributed by atoms with Crippen molar-refractivity contribution in [1.29, 1.82) is 0 Å². The van der Waals surface area contributed by atoms with E-state index in [9.17, 15) is 0 Å². The Bertz CT molecular complexity index is 1850. The second kappa shape index (κ2) is 11.0. The fourth-order valence-corrected chi connectivity index (χ4v) is 7.23. The summed E-state index contributed by atoms with van der Waals surface area (Å²) in [5.41, 5.74) is 14.5. The summed E-state index contributed by atoms with van der Waals surface area (Å²) >= 11 is 0. The molecule has 2 nitrogen and oxygen atoms in total. The van der Waals surface area contributed by atoms with Crippen LogP contribution in [-0.2, 0) is 21.7 Å². The van der Waals surface area contributed by atoms with Gasteiger partial charge in [0.05, 0.1) is 17.1 Å². The smallest absolute Gasteiger partial charge is 0.0731 e. The minimum atomic E-state index is 0.0543. The van der Waals surface area contributed by atoms with Gasteiger partial charge in [-0.2, -0.15) is 0 Å². The lowest BCUT2D eigenvalue weighted by Gasteiger charge is -2.44. The van der Waals surface area contributed by atoms with Crippen molar-refractivity contribution >= 4 is 0 Å². The zero-order valence-electron chi connectivity index (χ0n) is 30.6. The predicted octanol–water partition coefficient (Wildman–Crippen LogP) is 12.3. The molecule has 0 fully saturated rings. The highest BCUT2D eigenvalue weighted by Gasteiger charge is 2.56. The molecule has 0 amide bonds. The summed E-state index contributed by atoms with van der Waals surface area (Å²) in [6.45, 7) is 27.9. The molecule has 0 bridgehead atoms. The zero-order chi connectivity index (χ0) is 34.2. The van der Waals surface area contributed by atoms with E-state index < -0.39 is 0 Å². The van der Waals surface area contributed by atoms with E-state index in [1.165, 1.54) is 27.8 Å². The van der Waals surface area contributed by atoms with Crippen LogP contribution in [0.3, 0.4) is 0 Å². The van der Waals surface area contributed by atoms with Crippen LogP contribution in [0.1, 0.15) is 105 Å². The molecule has 0 saturated carbocycles. The Kier molecular flexibility index (Phi) is 7.70. The molecule has 1 aliphatic carbocycles. The van der Waals surface area contributed by atoms with E-state index in [1.807, 2.05) is 6.20 Å². The van der Waals surface area contributed by atoms with Crippen LogP contribution in [-0.4, -0.2) is 9.97 Å². The first-order valence-electron chi connectivity index (χ1n) is 17.2. The zero-order valence-corrected chi connectivity index (χ0v) is 30.6. The Labute approximate surface area is 283 Å². The third-order valence-electron chi connectivity index (χ3n) is 11.8. The van der Waals surface area contributed by atoms with Crippen molar-refractivity contribution in [3.05, 3.63) is 119 Å². The van der Waals surface area contributed by atoms with Crippen molar-refractivity contribution in [2.75, 3.05) is 0 Å². The molecule has 242 valence electrons. The molecular weight excluding hydrogens is 569 g/mol. The van der Waals surface area contributed by atoms with Gasteiger partial charge in [0.15, 0.2) is 0 Å². The molecule has 47 heavy (non-hydrogen) atoms. The fourth-order valence-electron chi connectivity index (χ4n) is 7.23. The van der Waals surface area contributed by atoms with Crippen molar-refractivity contribution in [1.82, 2.24) is 9.97 Å². The molecule has 0 unspecified atom stereocenters. The van der Waals surface area contributed by atoms with Crippen LogP contribution >= 0.6 is 0 Å². The Morgan fingerprint density at radius 3 is 1.40 bits per heavy atom. The van der Waals surface area contributed by atoms with Crippen molar-refractivity contribution in [2.45, 2.75) is 105 Å². The molecular formula is C45H52N2. The number of hydrogen-bond donors (Lipinski definition) is 0. The average molecular weight is 621 g/mol. The second-order valence-electron chi connectivity index (χ2n) is 17.3. The third kappa shape index (κ3) is 5.64. The molecule has 0 aliphatic heterocycles. The Hall–Kier alpha value is -4.04. The van der Waals surface area contributed by atoms with Crippen molar-refractivity contribution < 1.29 is 0 Å². The molecule has 2 aromatic heterocycles. The van der Waals surface area contributed by atoms with Gasteiger partial charge in [-0.1, -0.05) is 144 Å². The predicted molar refractivity (Wildman–Crippen MR) is 201 cm³/mol. The van der Waals surface area contributed by atoms with Gasteiger partial charge in [-0.05, 0) is 90.8 Å². The van der Waals surface area contributed by atoms with Crippen LogP contribution in [0.2, 0.25) is 0 Å². The van der Waals surface area contributed by atoms with Crippen molar-refractivity contribution in [3.63, 3.8) is 0 Å².